The Balaban J connectivity index is 2.07. The third kappa shape index (κ3) is 5.35. The van der Waals surface area contributed by atoms with Gasteiger partial charge >= 0.3 is 0 Å². The van der Waals surface area contributed by atoms with Crippen LogP contribution in [-0.2, 0) is 4.79 Å². The molecule has 21 heavy (non-hydrogen) atoms. The lowest BCUT2D eigenvalue weighted by Crippen LogP contribution is -2.18. The number of hydrogen-bond donors (Lipinski definition) is 0. The molecule has 0 unspecified atom stereocenters. The van der Waals surface area contributed by atoms with Crippen molar-refractivity contribution in [2.45, 2.75) is 63.2 Å². The van der Waals surface area contributed by atoms with E-state index >= 15 is 0 Å². The summed E-state index contributed by atoms with van der Waals surface area (Å²) in [6, 6.07) is 10.3. The quantitative estimate of drug-likeness (QED) is 0.349. The van der Waals surface area contributed by atoms with Crippen LogP contribution in [0.5, 0.6) is 0 Å². The molecule has 0 radical (unpaired) electrons. The fourth-order valence-corrected chi connectivity index (χ4v) is 3.83. The van der Waals surface area contributed by atoms with E-state index in [1.54, 1.807) is 11.8 Å². The molecule has 0 aromatic heterocycles. The summed E-state index contributed by atoms with van der Waals surface area (Å²) < 4.78 is 0. The van der Waals surface area contributed by atoms with Crippen molar-refractivity contribution in [2.75, 3.05) is 0 Å². The van der Waals surface area contributed by atoms with Gasteiger partial charge in [-0.15, -0.1) is 0 Å². The minimum absolute atomic E-state index is 0.267. The fourth-order valence-electron chi connectivity index (χ4n) is 2.81. The SMILES string of the molecule is CCCC/C=C(/Sc1ccccc1)C(=O)C1CCCCC1. The van der Waals surface area contributed by atoms with E-state index in [0.29, 0.717) is 5.78 Å². The highest BCUT2D eigenvalue weighted by Gasteiger charge is 2.24. The van der Waals surface area contributed by atoms with Crippen molar-refractivity contribution in [1.29, 1.82) is 0 Å². The van der Waals surface area contributed by atoms with Crippen molar-refractivity contribution >= 4 is 17.5 Å². The van der Waals surface area contributed by atoms with Gasteiger partial charge in [-0.05, 0) is 31.4 Å². The van der Waals surface area contributed by atoms with Crippen LogP contribution < -0.4 is 0 Å². The van der Waals surface area contributed by atoms with Gasteiger partial charge in [-0.25, -0.2) is 0 Å². The van der Waals surface area contributed by atoms with E-state index in [0.717, 1.165) is 30.6 Å². The molecule has 0 spiro atoms. The lowest BCUT2D eigenvalue weighted by molar-refractivity contribution is -0.119. The van der Waals surface area contributed by atoms with Gasteiger partial charge in [0.1, 0.15) is 0 Å². The Hall–Kier alpha value is -1.02. The maximum Gasteiger partial charge on any atom is 0.172 e. The summed E-state index contributed by atoms with van der Waals surface area (Å²) in [5.74, 6) is 0.655. The third-order valence-corrected chi connectivity index (χ3v) is 5.17. The third-order valence-electron chi connectivity index (χ3n) is 4.08. The van der Waals surface area contributed by atoms with E-state index in [1.807, 2.05) is 18.2 Å². The molecule has 1 aromatic carbocycles. The molecule has 0 N–H and O–H groups in total. The van der Waals surface area contributed by atoms with Gasteiger partial charge < -0.3 is 0 Å². The van der Waals surface area contributed by atoms with Gasteiger partial charge in [-0.3, -0.25) is 4.79 Å². The zero-order valence-electron chi connectivity index (χ0n) is 13.0. The van der Waals surface area contributed by atoms with Crippen LogP contribution in [0.3, 0.4) is 0 Å². The number of rotatable bonds is 7. The van der Waals surface area contributed by atoms with Crippen LogP contribution in [0, 0.1) is 5.92 Å². The van der Waals surface area contributed by atoms with Crippen LogP contribution in [0.15, 0.2) is 46.2 Å². The smallest absolute Gasteiger partial charge is 0.172 e. The number of hydrogen-bond acceptors (Lipinski definition) is 2. The van der Waals surface area contributed by atoms with Gasteiger partial charge in [0, 0.05) is 10.8 Å². The van der Waals surface area contributed by atoms with Crippen LogP contribution in [0.25, 0.3) is 0 Å². The van der Waals surface area contributed by atoms with Crippen molar-refractivity contribution in [3.63, 3.8) is 0 Å². The maximum absolute atomic E-state index is 12.8. The molecule has 2 rings (SSSR count). The highest BCUT2D eigenvalue weighted by molar-refractivity contribution is 8.04. The molecular formula is C19H26OS. The van der Waals surface area contributed by atoms with E-state index in [2.05, 4.69) is 25.1 Å². The second kappa shape index (κ2) is 9.09. The summed E-state index contributed by atoms with van der Waals surface area (Å²) in [5.41, 5.74) is 0. The second-order valence-corrected chi connectivity index (χ2v) is 6.94. The second-order valence-electron chi connectivity index (χ2n) is 5.82. The molecule has 0 bridgehead atoms. The molecule has 1 saturated carbocycles. The van der Waals surface area contributed by atoms with Gasteiger partial charge in [0.05, 0.1) is 4.91 Å². The number of unbranched alkanes of at least 4 members (excludes halogenated alkanes) is 2. The van der Waals surface area contributed by atoms with Crippen molar-refractivity contribution in [3.05, 3.63) is 41.3 Å². The monoisotopic (exact) mass is 302 g/mol. The Labute approximate surface area is 133 Å². The highest BCUT2D eigenvalue weighted by Crippen LogP contribution is 2.34. The number of carbonyl (C=O) groups excluding carboxylic acids is 1. The average molecular weight is 302 g/mol. The van der Waals surface area contributed by atoms with Crippen LogP contribution in [0.4, 0.5) is 0 Å². The molecule has 0 saturated heterocycles. The van der Waals surface area contributed by atoms with E-state index < -0.39 is 0 Å². The van der Waals surface area contributed by atoms with E-state index in [1.165, 1.54) is 30.6 Å². The van der Waals surface area contributed by atoms with E-state index in [4.69, 9.17) is 0 Å². The Morgan fingerprint density at radius 2 is 1.90 bits per heavy atom. The first-order chi connectivity index (χ1) is 10.3. The number of Topliss-reactive ketones (excluding diaryl/α,β-unsaturated/α-hetero) is 1. The molecule has 1 fully saturated rings. The molecule has 114 valence electrons. The fraction of sp³-hybridized carbons (Fsp3) is 0.526. The lowest BCUT2D eigenvalue weighted by Gasteiger charge is -2.21. The summed E-state index contributed by atoms with van der Waals surface area (Å²) in [6.45, 7) is 2.20. The topological polar surface area (TPSA) is 17.1 Å². The van der Waals surface area contributed by atoms with Crippen molar-refractivity contribution < 1.29 is 4.79 Å². The molecule has 1 aromatic rings. The molecule has 1 aliphatic carbocycles. The first kappa shape index (κ1) is 16.4. The van der Waals surface area contributed by atoms with Crippen LogP contribution >= 0.6 is 11.8 Å². The summed E-state index contributed by atoms with van der Waals surface area (Å²) in [4.78, 5) is 15.0. The van der Waals surface area contributed by atoms with Gasteiger partial charge in [-0.1, -0.05) is 75.1 Å². The van der Waals surface area contributed by atoms with Crippen LogP contribution in [0.2, 0.25) is 0 Å². The summed E-state index contributed by atoms with van der Waals surface area (Å²) >= 11 is 1.65. The number of benzene rings is 1. The zero-order chi connectivity index (χ0) is 14.9. The Morgan fingerprint density at radius 3 is 2.57 bits per heavy atom. The summed E-state index contributed by atoms with van der Waals surface area (Å²) in [6.07, 6.45) is 11.4. The number of ketones is 1. The average Bonchev–Trinajstić information content (AvgIpc) is 2.55. The Kier molecular flexibility index (Phi) is 7.08. The van der Waals surface area contributed by atoms with Gasteiger partial charge in [-0.2, -0.15) is 0 Å². The van der Waals surface area contributed by atoms with Gasteiger partial charge in [0.25, 0.3) is 0 Å². The normalized spacial score (nSPS) is 16.9. The lowest BCUT2D eigenvalue weighted by atomic mass is 9.86. The molecule has 0 amide bonds. The summed E-state index contributed by atoms with van der Waals surface area (Å²) in [7, 11) is 0. The van der Waals surface area contributed by atoms with E-state index in [-0.39, 0.29) is 5.92 Å². The summed E-state index contributed by atoms with van der Waals surface area (Å²) in [5, 5.41) is 0. The first-order valence-corrected chi connectivity index (χ1v) is 9.10. The standard InChI is InChI=1S/C19H26OS/c1-2-3-6-15-18(21-17-13-9-5-10-14-17)19(20)16-11-7-4-8-12-16/h5,9-10,13-16H,2-4,6-8,11-12H2,1H3/b18-15+. The highest BCUT2D eigenvalue weighted by atomic mass is 32.2. The molecule has 0 atom stereocenters. The number of carbonyl (C=O) groups is 1. The Morgan fingerprint density at radius 1 is 1.19 bits per heavy atom. The molecule has 0 aliphatic heterocycles. The van der Waals surface area contributed by atoms with Crippen molar-refractivity contribution in [3.8, 4) is 0 Å². The molecular weight excluding hydrogens is 276 g/mol. The zero-order valence-corrected chi connectivity index (χ0v) is 13.8. The van der Waals surface area contributed by atoms with Crippen molar-refractivity contribution in [2.24, 2.45) is 5.92 Å². The van der Waals surface area contributed by atoms with Crippen molar-refractivity contribution in [1.82, 2.24) is 0 Å². The minimum atomic E-state index is 0.267. The molecule has 0 heterocycles. The first-order valence-electron chi connectivity index (χ1n) is 8.28. The molecule has 1 nitrogen and oxygen atoms in total. The largest absolute Gasteiger partial charge is 0.293 e. The molecule has 1 aliphatic rings. The van der Waals surface area contributed by atoms with E-state index in [9.17, 15) is 4.79 Å². The van der Waals surface area contributed by atoms with Crippen LogP contribution in [-0.4, -0.2) is 5.78 Å². The minimum Gasteiger partial charge on any atom is -0.293 e. The maximum atomic E-state index is 12.8. The predicted octanol–water partition coefficient (Wildman–Crippen LogP) is 6.00. The predicted molar refractivity (Wildman–Crippen MR) is 91.5 cm³/mol. The van der Waals surface area contributed by atoms with Gasteiger partial charge in [0.2, 0.25) is 0 Å². The Bertz CT molecular complexity index is 458. The number of allylic oxidation sites excluding steroid dienone is 2. The molecule has 2 heteroatoms. The van der Waals surface area contributed by atoms with Gasteiger partial charge in [0.15, 0.2) is 5.78 Å². The van der Waals surface area contributed by atoms with Crippen LogP contribution in [0.1, 0.15) is 58.3 Å². The number of thioether (sulfide) groups is 1.